The number of carbonyl (C=O) groups excluding carboxylic acids is 3. The van der Waals surface area contributed by atoms with Crippen molar-refractivity contribution in [1.29, 1.82) is 0 Å². The molecule has 11 heteroatoms. The van der Waals surface area contributed by atoms with E-state index in [1.807, 2.05) is 43.3 Å². The van der Waals surface area contributed by atoms with Gasteiger partial charge >= 0.3 is 4.87 Å². The summed E-state index contributed by atoms with van der Waals surface area (Å²) in [6.45, 7) is 7.50. The summed E-state index contributed by atoms with van der Waals surface area (Å²) >= 11 is 2.18. The van der Waals surface area contributed by atoms with Gasteiger partial charge in [-0.15, -0.1) is 0 Å². The Morgan fingerprint density at radius 3 is 2.20 bits per heavy atom. The van der Waals surface area contributed by atoms with Gasteiger partial charge < -0.3 is 10.2 Å². The van der Waals surface area contributed by atoms with E-state index in [-0.39, 0.29) is 23.2 Å². The van der Waals surface area contributed by atoms with Crippen molar-refractivity contribution in [3.05, 3.63) is 104 Å². The number of carbonyl (C=O) groups is 3. The number of aryl methyl sites for hydroxylation is 1. The molecule has 0 spiro atoms. The Morgan fingerprint density at radius 2 is 1.57 bits per heavy atom. The largest absolute Gasteiger partial charge is 0.372 e. The number of nitrogens with zero attached hydrogens (tertiary/aromatic N) is 3. The lowest BCUT2D eigenvalue weighted by molar-refractivity contribution is -0.122. The van der Waals surface area contributed by atoms with Gasteiger partial charge in [-0.2, -0.15) is 0 Å². The van der Waals surface area contributed by atoms with Crippen molar-refractivity contribution in [3.63, 3.8) is 0 Å². The van der Waals surface area contributed by atoms with E-state index in [9.17, 15) is 23.6 Å². The average molecular weight is 631 g/mol. The molecule has 1 N–H and O–H groups in total. The van der Waals surface area contributed by atoms with Crippen molar-refractivity contribution >= 4 is 57.9 Å². The van der Waals surface area contributed by atoms with Gasteiger partial charge in [0.1, 0.15) is 17.6 Å². The van der Waals surface area contributed by atoms with E-state index in [1.165, 1.54) is 45.5 Å². The first-order valence-corrected chi connectivity index (χ1v) is 16.1. The average Bonchev–Trinajstić information content (AvgIpc) is 3.46. The van der Waals surface area contributed by atoms with Crippen molar-refractivity contribution < 1.29 is 18.8 Å². The highest BCUT2D eigenvalue weighted by molar-refractivity contribution is 8.00. The van der Waals surface area contributed by atoms with Gasteiger partial charge in [-0.1, -0.05) is 52.9 Å². The first-order valence-electron chi connectivity index (χ1n) is 14.4. The fourth-order valence-corrected chi connectivity index (χ4v) is 8.69. The lowest BCUT2D eigenvalue weighted by Gasteiger charge is -2.31. The van der Waals surface area contributed by atoms with Crippen molar-refractivity contribution in [2.24, 2.45) is 5.92 Å². The molecular formula is C33H31FN4O4S2. The summed E-state index contributed by atoms with van der Waals surface area (Å²) in [4.78, 5) is 58.2. The molecule has 226 valence electrons. The fraction of sp³-hybridized carbons (Fsp3) is 0.273. The molecule has 4 aromatic rings. The third-order valence-electron chi connectivity index (χ3n) is 8.15. The number of benzene rings is 3. The zero-order valence-corrected chi connectivity index (χ0v) is 26.1. The molecule has 6 rings (SSSR count). The molecule has 0 unspecified atom stereocenters. The van der Waals surface area contributed by atoms with Gasteiger partial charge in [0.15, 0.2) is 0 Å². The summed E-state index contributed by atoms with van der Waals surface area (Å²) in [5, 5.41) is 2.44. The maximum atomic E-state index is 14.1. The summed E-state index contributed by atoms with van der Waals surface area (Å²) in [6, 6.07) is 20.6. The molecule has 0 radical (unpaired) electrons. The quantitative estimate of drug-likeness (QED) is 0.254. The summed E-state index contributed by atoms with van der Waals surface area (Å²) in [5.74, 6) is -2.80. The Kier molecular flexibility index (Phi) is 8.17. The molecule has 0 saturated carbocycles. The van der Waals surface area contributed by atoms with Crippen LogP contribution in [0.2, 0.25) is 0 Å². The number of anilines is 3. The van der Waals surface area contributed by atoms with Crippen LogP contribution in [0.3, 0.4) is 0 Å². The highest BCUT2D eigenvalue weighted by Crippen LogP contribution is 2.54. The Hall–Kier alpha value is -4.22. The van der Waals surface area contributed by atoms with Crippen molar-refractivity contribution in [2.75, 3.05) is 28.2 Å². The summed E-state index contributed by atoms with van der Waals surface area (Å²) in [6.07, 6.45) is 0. The number of thiazole rings is 1. The Balaban J connectivity index is 1.41. The summed E-state index contributed by atoms with van der Waals surface area (Å²) in [7, 11) is 0. The highest BCUT2D eigenvalue weighted by Gasteiger charge is 2.56. The summed E-state index contributed by atoms with van der Waals surface area (Å²) in [5.41, 5.74) is 3.79. The Bertz CT molecular complexity index is 1780. The Morgan fingerprint density at radius 1 is 0.909 bits per heavy atom. The molecule has 8 nitrogen and oxygen atoms in total. The fourth-order valence-electron chi connectivity index (χ4n) is 5.92. The number of rotatable bonds is 8. The van der Waals surface area contributed by atoms with Crippen LogP contribution in [-0.2, 0) is 20.9 Å². The van der Waals surface area contributed by atoms with E-state index in [0.29, 0.717) is 21.3 Å². The highest BCUT2D eigenvalue weighted by atomic mass is 32.2. The van der Waals surface area contributed by atoms with E-state index in [4.69, 9.17) is 0 Å². The molecule has 1 aromatic heterocycles. The van der Waals surface area contributed by atoms with Crippen molar-refractivity contribution in [2.45, 2.75) is 43.5 Å². The van der Waals surface area contributed by atoms with Gasteiger partial charge in [0.25, 0.3) is 0 Å². The minimum absolute atomic E-state index is 0.288. The zero-order valence-electron chi connectivity index (χ0n) is 24.5. The molecule has 0 bridgehead atoms. The van der Waals surface area contributed by atoms with Crippen LogP contribution in [0.1, 0.15) is 35.8 Å². The van der Waals surface area contributed by atoms with Gasteiger partial charge in [-0.25, -0.2) is 9.29 Å². The van der Waals surface area contributed by atoms with Gasteiger partial charge in [-0.3, -0.25) is 23.7 Å². The number of fused-ring (bicyclic) bond motifs is 2. The van der Waals surface area contributed by atoms with Gasteiger partial charge in [0, 0.05) is 35.3 Å². The van der Waals surface area contributed by atoms with E-state index in [1.54, 1.807) is 12.1 Å². The van der Waals surface area contributed by atoms with Crippen LogP contribution in [0.15, 0.2) is 82.6 Å². The van der Waals surface area contributed by atoms with Crippen LogP contribution < -0.4 is 20.0 Å². The second kappa shape index (κ2) is 12.0. The topological polar surface area (TPSA) is 91.7 Å². The third kappa shape index (κ3) is 5.35. The van der Waals surface area contributed by atoms with Crippen molar-refractivity contribution in [3.8, 4) is 0 Å². The number of hydrogen-bond donors (Lipinski definition) is 1. The maximum Gasteiger partial charge on any atom is 0.308 e. The van der Waals surface area contributed by atoms with Crippen LogP contribution in [-0.4, -0.2) is 40.6 Å². The number of thioether (sulfide) groups is 1. The van der Waals surface area contributed by atoms with Gasteiger partial charge in [0.05, 0.1) is 16.6 Å². The molecule has 2 aliphatic rings. The first-order chi connectivity index (χ1) is 21.2. The molecule has 3 amide bonds. The SMILES string of the molecule is CCN(CC)c1ccc([C@@H]2c3sc(=O)n(CC(=O)Nc4ccc(F)cc4)c3S[C@H]3C(=O)N(c4ccc(C)cc4)C(=O)[C@@H]23)cc1. The smallest absolute Gasteiger partial charge is 0.308 e. The molecule has 3 atom stereocenters. The second-order valence-electron chi connectivity index (χ2n) is 10.8. The number of imide groups is 1. The predicted molar refractivity (Wildman–Crippen MR) is 172 cm³/mol. The number of nitrogens with one attached hydrogen (secondary N) is 1. The minimum Gasteiger partial charge on any atom is -0.372 e. The monoisotopic (exact) mass is 630 g/mol. The number of hydrogen-bond acceptors (Lipinski definition) is 7. The van der Waals surface area contributed by atoms with Crippen LogP contribution in [0, 0.1) is 18.7 Å². The third-order valence-corrected chi connectivity index (χ3v) is 10.8. The van der Waals surface area contributed by atoms with E-state index >= 15 is 0 Å². The molecule has 0 aliphatic carbocycles. The minimum atomic E-state index is -0.774. The van der Waals surface area contributed by atoms with E-state index in [0.717, 1.165) is 41.2 Å². The van der Waals surface area contributed by atoms with Crippen LogP contribution in [0.4, 0.5) is 21.5 Å². The van der Waals surface area contributed by atoms with Crippen LogP contribution in [0.25, 0.3) is 0 Å². The lowest BCUT2D eigenvalue weighted by atomic mass is 9.83. The predicted octanol–water partition coefficient (Wildman–Crippen LogP) is 5.64. The molecule has 3 heterocycles. The molecule has 1 fully saturated rings. The van der Waals surface area contributed by atoms with Gasteiger partial charge in [-0.05, 0) is 74.9 Å². The maximum absolute atomic E-state index is 14.1. The number of aromatic nitrogens is 1. The molecule has 2 aliphatic heterocycles. The standard InChI is InChI=1S/C33H31FN4O4S2/c1-4-36(5-2)23-16-8-20(9-17-23)26-27-28(31(41)38(30(27)40)24-14-6-19(3)7-15-24)43-32-29(26)44-33(42)37(32)18-25(39)35-22-12-10-21(34)11-13-22/h6-17,26-28H,4-5,18H2,1-3H3,(H,35,39)/t26-,27-,28+/m0/s1. The summed E-state index contributed by atoms with van der Waals surface area (Å²) < 4.78 is 14.7. The molecular weight excluding hydrogens is 600 g/mol. The molecule has 1 saturated heterocycles. The first kappa shape index (κ1) is 29.8. The zero-order chi connectivity index (χ0) is 31.1. The second-order valence-corrected chi connectivity index (χ2v) is 13.0. The van der Waals surface area contributed by atoms with Crippen LogP contribution in [0.5, 0.6) is 0 Å². The van der Waals surface area contributed by atoms with Crippen molar-refractivity contribution in [1.82, 2.24) is 4.57 Å². The number of halogens is 1. The van der Waals surface area contributed by atoms with Gasteiger partial charge in [0.2, 0.25) is 17.7 Å². The van der Waals surface area contributed by atoms with E-state index in [2.05, 4.69) is 24.1 Å². The normalized spacial score (nSPS) is 19.1. The number of amides is 3. The molecule has 44 heavy (non-hydrogen) atoms. The lowest BCUT2D eigenvalue weighted by Crippen LogP contribution is -2.33. The Labute approximate surface area is 262 Å². The van der Waals surface area contributed by atoms with Crippen LogP contribution >= 0.6 is 23.1 Å². The van der Waals surface area contributed by atoms with E-state index < -0.39 is 28.8 Å². The molecule has 3 aromatic carbocycles.